The van der Waals surface area contributed by atoms with Gasteiger partial charge in [0.2, 0.25) is 0 Å². The Morgan fingerprint density at radius 3 is 2.64 bits per heavy atom. The van der Waals surface area contributed by atoms with Crippen LogP contribution in [0.3, 0.4) is 0 Å². The summed E-state index contributed by atoms with van der Waals surface area (Å²) in [5.74, 6) is 0.641. The molecule has 0 aromatic heterocycles. The Bertz CT molecular complexity index is 564. The molecule has 2 saturated heterocycles. The predicted octanol–water partition coefficient (Wildman–Crippen LogP) is 3.05. The van der Waals surface area contributed by atoms with Crippen molar-refractivity contribution in [2.45, 2.75) is 37.8 Å². The highest BCUT2D eigenvalue weighted by Gasteiger charge is 2.39. The summed E-state index contributed by atoms with van der Waals surface area (Å²) in [7, 11) is 3.75. The number of hydrogen-bond donors (Lipinski definition) is 0. The van der Waals surface area contributed by atoms with Crippen molar-refractivity contribution in [3.63, 3.8) is 0 Å². The molecule has 2 fully saturated rings. The molecule has 22 heavy (non-hydrogen) atoms. The molecule has 0 spiro atoms. The van der Waals surface area contributed by atoms with E-state index in [2.05, 4.69) is 11.9 Å². The number of nitrogens with zero attached hydrogens (tertiary/aromatic N) is 2. The first kappa shape index (κ1) is 15.6. The molecule has 2 aliphatic heterocycles. The fourth-order valence-corrected chi connectivity index (χ4v) is 4.04. The van der Waals surface area contributed by atoms with Crippen molar-refractivity contribution in [2.75, 3.05) is 27.2 Å². The number of amides is 1. The molecule has 1 aromatic rings. The first-order valence-electron chi connectivity index (χ1n) is 7.96. The number of likely N-dealkylation sites (N-methyl/N-ethyl adjacent to an activating group) is 1. The van der Waals surface area contributed by atoms with E-state index in [-0.39, 0.29) is 5.91 Å². The highest BCUT2D eigenvalue weighted by Crippen LogP contribution is 2.32. The number of hydrogen-bond acceptors (Lipinski definition) is 3. The maximum Gasteiger partial charge on any atom is 0.257 e. The monoisotopic (exact) mass is 322 g/mol. The van der Waals surface area contributed by atoms with Crippen molar-refractivity contribution in [2.24, 2.45) is 0 Å². The molecule has 4 nitrogen and oxygen atoms in total. The third-order valence-corrected chi connectivity index (χ3v) is 5.21. The molecule has 3 rings (SSSR count). The van der Waals surface area contributed by atoms with Gasteiger partial charge in [-0.3, -0.25) is 4.79 Å². The first-order valence-corrected chi connectivity index (χ1v) is 8.34. The Labute approximate surface area is 137 Å². The van der Waals surface area contributed by atoms with E-state index < -0.39 is 0 Å². The molecule has 1 amide bonds. The topological polar surface area (TPSA) is 32.8 Å². The summed E-state index contributed by atoms with van der Waals surface area (Å²) >= 11 is 6.08. The maximum absolute atomic E-state index is 13.0. The van der Waals surface area contributed by atoms with E-state index in [1.54, 1.807) is 25.3 Å². The van der Waals surface area contributed by atoms with Gasteiger partial charge in [-0.2, -0.15) is 0 Å². The second-order valence-corrected chi connectivity index (χ2v) is 6.68. The van der Waals surface area contributed by atoms with Gasteiger partial charge in [-0.05, 0) is 57.5 Å². The van der Waals surface area contributed by atoms with Gasteiger partial charge in [-0.25, -0.2) is 0 Å². The van der Waals surface area contributed by atoms with Crippen LogP contribution < -0.4 is 4.74 Å². The van der Waals surface area contributed by atoms with Crippen LogP contribution in [0.25, 0.3) is 0 Å². The van der Waals surface area contributed by atoms with Gasteiger partial charge in [0, 0.05) is 23.7 Å². The van der Waals surface area contributed by atoms with Crippen LogP contribution in [0.1, 0.15) is 36.0 Å². The number of carbonyl (C=O) groups excluding carboxylic acids is 1. The van der Waals surface area contributed by atoms with Crippen LogP contribution in [0, 0.1) is 0 Å². The van der Waals surface area contributed by atoms with E-state index >= 15 is 0 Å². The van der Waals surface area contributed by atoms with Crippen LogP contribution in [0.15, 0.2) is 18.2 Å². The van der Waals surface area contributed by atoms with E-state index in [1.165, 1.54) is 12.8 Å². The summed E-state index contributed by atoms with van der Waals surface area (Å²) in [6.07, 6.45) is 4.56. The number of benzene rings is 1. The molecule has 0 radical (unpaired) electrons. The van der Waals surface area contributed by atoms with Gasteiger partial charge < -0.3 is 14.5 Å². The van der Waals surface area contributed by atoms with E-state index in [0.717, 1.165) is 25.9 Å². The van der Waals surface area contributed by atoms with Crippen LogP contribution in [-0.2, 0) is 0 Å². The molecular weight excluding hydrogens is 300 g/mol. The minimum atomic E-state index is 0.0437. The van der Waals surface area contributed by atoms with Gasteiger partial charge in [0.05, 0.1) is 12.7 Å². The van der Waals surface area contributed by atoms with Crippen molar-refractivity contribution < 1.29 is 9.53 Å². The molecule has 5 heteroatoms. The summed E-state index contributed by atoms with van der Waals surface area (Å²) in [6, 6.07) is 6.03. The largest absolute Gasteiger partial charge is 0.496 e. The SMILES string of the molecule is COc1ccc(Cl)cc1C(=O)N1CCC[C@@H]1[C@H]1CCCN1C. The van der Waals surface area contributed by atoms with Gasteiger partial charge in [0.1, 0.15) is 5.75 Å². The van der Waals surface area contributed by atoms with Crippen molar-refractivity contribution in [1.29, 1.82) is 0 Å². The Morgan fingerprint density at radius 1 is 1.23 bits per heavy atom. The highest BCUT2D eigenvalue weighted by molar-refractivity contribution is 6.31. The quantitative estimate of drug-likeness (QED) is 0.857. The van der Waals surface area contributed by atoms with Gasteiger partial charge >= 0.3 is 0 Å². The van der Waals surface area contributed by atoms with Crippen LogP contribution in [0.4, 0.5) is 0 Å². The number of rotatable bonds is 3. The third kappa shape index (κ3) is 2.82. The molecule has 0 bridgehead atoms. The summed E-state index contributed by atoms with van der Waals surface area (Å²) < 4.78 is 5.35. The molecule has 2 heterocycles. The number of carbonyl (C=O) groups is 1. The first-order chi connectivity index (χ1) is 10.6. The molecule has 0 unspecified atom stereocenters. The van der Waals surface area contributed by atoms with Crippen molar-refractivity contribution in [3.05, 3.63) is 28.8 Å². The standard InChI is InChI=1S/C17H23ClN2O2/c1-19-9-3-5-14(19)15-6-4-10-20(15)17(21)13-11-12(18)7-8-16(13)22-2/h7-8,11,14-15H,3-6,9-10H2,1-2H3/t14-,15-/m1/s1. The van der Waals surface area contributed by atoms with Crippen LogP contribution in [-0.4, -0.2) is 55.0 Å². The Balaban J connectivity index is 1.86. The summed E-state index contributed by atoms with van der Waals surface area (Å²) in [5.41, 5.74) is 0.572. The van der Waals surface area contributed by atoms with E-state index in [9.17, 15) is 4.79 Å². The molecule has 0 aliphatic carbocycles. The van der Waals surface area contributed by atoms with Gasteiger partial charge in [-0.15, -0.1) is 0 Å². The molecule has 0 N–H and O–H groups in total. The number of likely N-dealkylation sites (tertiary alicyclic amines) is 2. The molecule has 2 atom stereocenters. The number of halogens is 1. The van der Waals surface area contributed by atoms with E-state index in [1.807, 2.05) is 4.90 Å². The molecule has 2 aliphatic rings. The number of methoxy groups -OCH3 is 1. The lowest BCUT2D eigenvalue weighted by Crippen LogP contribution is -2.47. The molecule has 1 aromatic carbocycles. The van der Waals surface area contributed by atoms with Gasteiger partial charge in [0.15, 0.2) is 0 Å². The van der Waals surface area contributed by atoms with Crippen molar-refractivity contribution in [1.82, 2.24) is 9.80 Å². The lowest BCUT2D eigenvalue weighted by atomic mass is 10.0. The van der Waals surface area contributed by atoms with Crippen LogP contribution in [0.2, 0.25) is 5.02 Å². The molecule has 120 valence electrons. The van der Waals surface area contributed by atoms with Crippen molar-refractivity contribution in [3.8, 4) is 5.75 Å². The highest BCUT2D eigenvalue weighted by atomic mass is 35.5. The Morgan fingerprint density at radius 2 is 1.95 bits per heavy atom. The van der Waals surface area contributed by atoms with Crippen LogP contribution >= 0.6 is 11.6 Å². The zero-order valence-corrected chi connectivity index (χ0v) is 14.0. The minimum Gasteiger partial charge on any atom is -0.496 e. The van der Waals surface area contributed by atoms with E-state index in [0.29, 0.717) is 28.4 Å². The predicted molar refractivity (Wildman–Crippen MR) is 87.7 cm³/mol. The second kappa shape index (κ2) is 6.47. The zero-order chi connectivity index (χ0) is 15.7. The smallest absolute Gasteiger partial charge is 0.257 e. The second-order valence-electron chi connectivity index (χ2n) is 6.24. The zero-order valence-electron chi connectivity index (χ0n) is 13.2. The lowest BCUT2D eigenvalue weighted by molar-refractivity contribution is 0.0661. The summed E-state index contributed by atoms with van der Waals surface area (Å²) in [5, 5.41) is 0.567. The summed E-state index contributed by atoms with van der Waals surface area (Å²) in [6.45, 7) is 1.95. The fourth-order valence-electron chi connectivity index (χ4n) is 3.87. The average Bonchev–Trinajstić information content (AvgIpc) is 3.14. The molecule has 0 saturated carbocycles. The third-order valence-electron chi connectivity index (χ3n) is 4.97. The lowest BCUT2D eigenvalue weighted by Gasteiger charge is -2.33. The minimum absolute atomic E-state index is 0.0437. The van der Waals surface area contributed by atoms with Gasteiger partial charge in [0.25, 0.3) is 5.91 Å². The Kier molecular flexibility index (Phi) is 4.59. The van der Waals surface area contributed by atoms with E-state index in [4.69, 9.17) is 16.3 Å². The maximum atomic E-state index is 13.0. The summed E-state index contributed by atoms with van der Waals surface area (Å²) in [4.78, 5) is 17.4. The van der Waals surface area contributed by atoms with Crippen LogP contribution in [0.5, 0.6) is 5.75 Å². The normalized spacial score (nSPS) is 25.7. The average molecular weight is 323 g/mol. The fraction of sp³-hybridized carbons (Fsp3) is 0.588. The van der Waals surface area contributed by atoms with Gasteiger partial charge in [-0.1, -0.05) is 11.6 Å². The molecular formula is C17H23ClN2O2. The Hall–Kier alpha value is -1.26. The van der Waals surface area contributed by atoms with Crippen molar-refractivity contribution >= 4 is 17.5 Å². The number of ether oxygens (including phenoxy) is 1.